The quantitative estimate of drug-likeness (QED) is 0.299. The van der Waals surface area contributed by atoms with Gasteiger partial charge in [-0.1, -0.05) is 60.7 Å². The van der Waals surface area contributed by atoms with Gasteiger partial charge in [0.25, 0.3) is 5.95 Å². The number of rotatable bonds is 7. The molecule has 2 heterocycles. The van der Waals surface area contributed by atoms with Gasteiger partial charge < -0.3 is 9.30 Å². The van der Waals surface area contributed by atoms with Crippen LogP contribution in [0.3, 0.4) is 0 Å². The molecule has 7 heteroatoms. The summed E-state index contributed by atoms with van der Waals surface area (Å²) in [4.78, 5) is 4.73. The average Bonchev–Trinajstić information content (AvgIpc) is 3.14. The highest BCUT2D eigenvalue weighted by atomic mass is 16.5. The fraction of sp³-hybridized carbons (Fsp3) is 0.120. The lowest BCUT2D eigenvalue weighted by atomic mass is 10.2. The van der Waals surface area contributed by atoms with Gasteiger partial charge in [0.1, 0.15) is 11.3 Å². The molecule has 0 aliphatic heterocycles. The third kappa shape index (κ3) is 3.88. The molecule has 7 nitrogen and oxygen atoms in total. The van der Waals surface area contributed by atoms with Crippen LogP contribution < -0.4 is 10.2 Å². The van der Waals surface area contributed by atoms with E-state index < -0.39 is 0 Å². The van der Waals surface area contributed by atoms with Gasteiger partial charge in [-0.25, -0.2) is 5.43 Å². The van der Waals surface area contributed by atoms with Crippen LogP contribution in [0.25, 0.3) is 22.1 Å². The Balaban J connectivity index is 1.49. The third-order valence-electron chi connectivity index (χ3n) is 5.14. The lowest BCUT2D eigenvalue weighted by molar-refractivity contribution is 0.340. The number of hydrogen-bond acceptors (Lipinski definition) is 6. The molecule has 0 aliphatic rings. The van der Waals surface area contributed by atoms with Gasteiger partial charge in [0.15, 0.2) is 5.65 Å². The van der Waals surface area contributed by atoms with Gasteiger partial charge in [0.2, 0.25) is 0 Å². The standard InChI is InChI=1S/C25H22N6O/c1-2-32-22-15-9-6-12-19(22)16-26-29-25-27-24-23(28-30-25)20-13-7-8-14-21(20)31(24)17-18-10-4-3-5-11-18/h3-16H,2,17H2,1H3,(H,27,29,30)/b26-16-. The lowest BCUT2D eigenvalue weighted by Gasteiger charge is -2.07. The van der Waals surface area contributed by atoms with Crippen LogP contribution in [0.5, 0.6) is 5.75 Å². The van der Waals surface area contributed by atoms with E-state index in [-0.39, 0.29) is 0 Å². The molecular formula is C25H22N6O. The second-order valence-electron chi connectivity index (χ2n) is 7.24. The normalized spacial score (nSPS) is 11.4. The minimum atomic E-state index is 0.333. The Morgan fingerprint density at radius 2 is 1.72 bits per heavy atom. The van der Waals surface area contributed by atoms with Crippen LogP contribution in [0.1, 0.15) is 18.1 Å². The molecule has 32 heavy (non-hydrogen) atoms. The smallest absolute Gasteiger partial charge is 0.265 e. The summed E-state index contributed by atoms with van der Waals surface area (Å²) in [5.41, 5.74) is 7.57. The predicted octanol–water partition coefficient (Wildman–Crippen LogP) is 4.87. The number of anilines is 1. The summed E-state index contributed by atoms with van der Waals surface area (Å²) in [6.45, 7) is 3.23. The fourth-order valence-electron chi connectivity index (χ4n) is 3.71. The second kappa shape index (κ2) is 8.85. The van der Waals surface area contributed by atoms with Gasteiger partial charge in [0.05, 0.1) is 18.3 Å². The van der Waals surface area contributed by atoms with Crippen LogP contribution >= 0.6 is 0 Å². The van der Waals surface area contributed by atoms with E-state index in [9.17, 15) is 0 Å². The van der Waals surface area contributed by atoms with E-state index in [1.54, 1.807) is 6.21 Å². The maximum atomic E-state index is 5.64. The molecule has 0 radical (unpaired) electrons. The summed E-state index contributed by atoms with van der Waals surface area (Å²) in [6, 6.07) is 26.2. The largest absolute Gasteiger partial charge is 0.493 e. The highest BCUT2D eigenvalue weighted by molar-refractivity contribution is 6.04. The van der Waals surface area contributed by atoms with Gasteiger partial charge in [-0.2, -0.15) is 10.1 Å². The predicted molar refractivity (Wildman–Crippen MR) is 127 cm³/mol. The molecule has 5 aromatic rings. The van der Waals surface area contributed by atoms with E-state index in [2.05, 4.69) is 43.5 Å². The summed E-state index contributed by atoms with van der Waals surface area (Å²) >= 11 is 0. The number of ether oxygens (including phenoxy) is 1. The number of hydrazone groups is 1. The van der Waals surface area contributed by atoms with E-state index in [0.717, 1.165) is 33.4 Å². The number of hydrogen-bond donors (Lipinski definition) is 1. The van der Waals surface area contributed by atoms with Crippen molar-refractivity contribution < 1.29 is 4.74 Å². The lowest BCUT2D eigenvalue weighted by Crippen LogP contribution is -2.04. The minimum absolute atomic E-state index is 0.333. The molecular weight excluding hydrogens is 400 g/mol. The van der Waals surface area contributed by atoms with Crippen LogP contribution in [0.4, 0.5) is 5.95 Å². The Bertz CT molecular complexity index is 1390. The molecule has 2 aromatic heterocycles. The zero-order chi connectivity index (χ0) is 21.8. The SMILES string of the molecule is CCOc1ccccc1/C=N\Nc1nnc2c3ccccc3n(Cc3ccccc3)c2n1. The molecule has 0 saturated heterocycles. The Morgan fingerprint density at radius 3 is 2.59 bits per heavy atom. The fourth-order valence-corrected chi connectivity index (χ4v) is 3.71. The van der Waals surface area contributed by atoms with Crippen LogP contribution in [-0.2, 0) is 6.54 Å². The number of aromatic nitrogens is 4. The topological polar surface area (TPSA) is 77.2 Å². The van der Waals surface area contributed by atoms with Gasteiger partial charge in [-0.15, -0.1) is 10.2 Å². The molecule has 0 atom stereocenters. The molecule has 0 fully saturated rings. The molecule has 0 saturated carbocycles. The number of fused-ring (bicyclic) bond motifs is 3. The van der Waals surface area contributed by atoms with Crippen molar-refractivity contribution in [2.45, 2.75) is 13.5 Å². The molecule has 0 amide bonds. The van der Waals surface area contributed by atoms with Gasteiger partial charge in [-0.3, -0.25) is 0 Å². The van der Waals surface area contributed by atoms with E-state index >= 15 is 0 Å². The third-order valence-corrected chi connectivity index (χ3v) is 5.14. The van der Waals surface area contributed by atoms with Crippen molar-refractivity contribution in [2.75, 3.05) is 12.0 Å². The second-order valence-corrected chi connectivity index (χ2v) is 7.24. The average molecular weight is 422 g/mol. The summed E-state index contributed by atoms with van der Waals surface area (Å²) in [6.07, 6.45) is 1.69. The number of para-hydroxylation sites is 2. The van der Waals surface area contributed by atoms with E-state index in [1.807, 2.05) is 67.6 Å². The molecule has 0 unspecified atom stereocenters. The van der Waals surface area contributed by atoms with E-state index in [4.69, 9.17) is 9.72 Å². The molecule has 0 spiro atoms. The summed E-state index contributed by atoms with van der Waals surface area (Å²) in [7, 11) is 0. The molecule has 0 bridgehead atoms. The van der Waals surface area contributed by atoms with E-state index in [1.165, 1.54) is 5.56 Å². The van der Waals surface area contributed by atoms with Crippen molar-refractivity contribution in [1.29, 1.82) is 0 Å². The van der Waals surface area contributed by atoms with Gasteiger partial charge >= 0.3 is 0 Å². The van der Waals surface area contributed by atoms with Crippen molar-refractivity contribution >= 4 is 34.2 Å². The first-order valence-electron chi connectivity index (χ1n) is 10.5. The maximum Gasteiger partial charge on any atom is 0.265 e. The van der Waals surface area contributed by atoms with Crippen molar-refractivity contribution in [3.8, 4) is 5.75 Å². The zero-order valence-electron chi connectivity index (χ0n) is 17.6. The Morgan fingerprint density at radius 1 is 0.938 bits per heavy atom. The highest BCUT2D eigenvalue weighted by Gasteiger charge is 2.14. The summed E-state index contributed by atoms with van der Waals surface area (Å²) < 4.78 is 7.80. The molecule has 5 rings (SSSR count). The minimum Gasteiger partial charge on any atom is -0.493 e. The Labute approximate surface area is 185 Å². The maximum absolute atomic E-state index is 5.64. The molecule has 158 valence electrons. The first-order valence-corrected chi connectivity index (χ1v) is 10.5. The van der Waals surface area contributed by atoms with E-state index in [0.29, 0.717) is 19.1 Å². The van der Waals surface area contributed by atoms with Gasteiger partial charge in [0, 0.05) is 17.5 Å². The van der Waals surface area contributed by atoms with Crippen LogP contribution in [-0.4, -0.2) is 32.6 Å². The number of nitrogens with zero attached hydrogens (tertiary/aromatic N) is 5. The number of benzene rings is 3. The first kappa shape index (κ1) is 19.7. The zero-order valence-corrected chi connectivity index (χ0v) is 17.6. The van der Waals surface area contributed by atoms with Crippen LogP contribution in [0.15, 0.2) is 84.0 Å². The molecule has 0 aliphatic carbocycles. The van der Waals surface area contributed by atoms with Crippen LogP contribution in [0.2, 0.25) is 0 Å². The summed E-state index contributed by atoms with van der Waals surface area (Å²) in [5, 5.41) is 14.0. The first-order chi connectivity index (χ1) is 15.8. The Hall–Kier alpha value is -4.26. The monoisotopic (exact) mass is 422 g/mol. The Kier molecular flexibility index (Phi) is 5.45. The molecule has 1 N–H and O–H groups in total. The van der Waals surface area contributed by atoms with Crippen molar-refractivity contribution in [2.24, 2.45) is 5.10 Å². The van der Waals surface area contributed by atoms with Crippen molar-refractivity contribution in [3.63, 3.8) is 0 Å². The van der Waals surface area contributed by atoms with Gasteiger partial charge in [-0.05, 0) is 30.7 Å². The van der Waals surface area contributed by atoms with Crippen molar-refractivity contribution in [1.82, 2.24) is 19.7 Å². The number of nitrogens with one attached hydrogen (secondary N) is 1. The van der Waals surface area contributed by atoms with Crippen LogP contribution in [0, 0.1) is 0 Å². The highest BCUT2D eigenvalue weighted by Crippen LogP contribution is 2.27. The summed E-state index contributed by atoms with van der Waals surface area (Å²) in [5.74, 6) is 1.11. The molecule has 3 aromatic carbocycles. The van der Waals surface area contributed by atoms with Crippen molar-refractivity contribution in [3.05, 3.63) is 90.0 Å².